The van der Waals surface area contributed by atoms with Crippen molar-refractivity contribution in [3.63, 3.8) is 0 Å². The molecule has 4 N–H and O–H groups in total. The predicted molar refractivity (Wildman–Crippen MR) is 107 cm³/mol. The van der Waals surface area contributed by atoms with Crippen LogP contribution in [-0.2, 0) is 4.74 Å². The van der Waals surface area contributed by atoms with Crippen LogP contribution in [0.5, 0.6) is 0 Å². The standard InChI is InChI=1S/C19H20N4O5S/c1-10-6-7-13(12(8-10)15(24)11-4-2-3-5-11)22-18(27)23-19-21-9-14(29-19)16(25)28-17(20)26/h6-9,11H,2-5H2,1H3,(H2,20,26)(H2,21,22,23,27). The van der Waals surface area contributed by atoms with Crippen molar-refractivity contribution >= 4 is 46.0 Å². The van der Waals surface area contributed by atoms with E-state index in [9.17, 15) is 19.2 Å². The van der Waals surface area contributed by atoms with E-state index in [0.29, 0.717) is 11.3 Å². The van der Waals surface area contributed by atoms with Gasteiger partial charge < -0.3 is 15.8 Å². The molecule has 0 spiro atoms. The van der Waals surface area contributed by atoms with E-state index in [1.165, 1.54) is 0 Å². The Bertz CT molecular complexity index is 965. The number of anilines is 2. The predicted octanol–water partition coefficient (Wildman–Crippen LogP) is 3.70. The second-order valence-corrected chi connectivity index (χ2v) is 7.74. The number of Topliss-reactive ketones (excluding diaryl/α,β-unsaturated/α-hetero) is 1. The van der Waals surface area contributed by atoms with Crippen molar-refractivity contribution in [2.24, 2.45) is 11.7 Å². The van der Waals surface area contributed by atoms with E-state index >= 15 is 0 Å². The molecule has 0 saturated heterocycles. The number of nitrogens with one attached hydrogen (secondary N) is 2. The lowest BCUT2D eigenvalue weighted by Crippen LogP contribution is -2.22. The number of hydrogen-bond donors (Lipinski definition) is 3. The van der Waals surface area contributed by atoms with Gasteiger partial charge >= 0.3 is 18.1 Å². The van der Waals surface area contributed by atoms with E-state index < -0.39 is 18.1 Å². The summed E-state index contributed by atoms with van der Waals surface area (Å²) in [5.41, 5.74) is 6.61. The maximum absolute atomic E-state index is 12.9. The van der Waals surface area contributed by atoms with Crippen LogP contribution in [0.2, 0.25) is 0 Å². The van der Waals surface area contributed by atoms with E-state index in [4.69, 9.17) is 5.73 Å². The van der Waals surface area contributed by atoms with Gasteiger partial charge in [-0.3, -0.25) is 10.1 Å². The molecule has 1 aromatic heterocycles. The summed E-state index contributed by atoms with van der Waals surface area (Å²) in [4.78, 5) is 51.3. The Balaban J connectivity index is 1.69. The summed E-state index contributed by atoms with van der Waals surface area (Å²) in [5.74, 6) is -0.933. The quantitative estimate of drug-likeness (QED) is 0.385. The van der Waals surface area contributed by atoms with Gasteiger partial charge in [-0.2, -0.15) is 0 Å². The fraction of sp³-hybridized carbons (Fsp3) is 0.316. The zero-order chi connectivity index (χ0) is 21.0. The van der Waals surface area contributed by atoms with Gasteiger partial charge in [0.1, 0.15) is 4.88 Å². The number of aromatic nitrogens is 1. The Morgan fingerprint density at radius 2 is 1.90 bits per heavy atom. The summed E-state index contributed by atoms with van der Waals surface area (Å²) in [7, 11) is 0. The number of amides is 3. The number of primary amides is 1. The van der Waals surface area contributed by atoms with Crippen molar-refractivity contribution in [3.05, 3.63) is 40.4 Å². The highest BCUT2D eigenvalue weighted by molar-refractivity contribution is 7.17. The maximum Gasteiger partial charge on any atom is 0.412 e. The summed E-state index contributed by atoms with van der Waals surface area (Å²) in [6, 6.07) is 4.66. The Labute approximate surface area is 170 Å². The van der Waals surface area contributed by atoms with Crippen LogP contribution in [-0.4, -0.2) is 28.9 Å². The molecule has 29 heavy (non-hydrogen) atoms. The lowest BCUT2D eigenvalue weighted by Gasteiger charge is -2.14. The van der Waals surface area contributed by atoms with Crippen molar-refractivity contribution in [3.8, 4) is 0 Å². The molecule has 10 heteroatoms. The first kappa shape index (κ1) is 20.5. The highest BCUT2D eigenvalue weighted by atomic mass is 32.1. The fourth-order valence-corrected chi connectivity index (χ4v) is 3.89. The SMILES string of the molecule is Cc1ccc(NC(=O)Nc2ncc(C(=O)OC(N)=O)s2)c(C(=O)C2CCCC2)c1. The number of ketones is 1. The first-order chi connectivity index (χ1) is 13.8. The molecule has 9 nitrogen and oxygen atoms in total. The number of esters is 1. The number of benzene rings is 1. The van der Waals surface area contributed by atoms with Crippen LogP contribution >= 0.6 is 11.3 Å². The summed E-state index contributed by atoms with van der Waals surface area (Å²) >= 11 is 0.823. The van der Waals surface area contributed by atoms with Gasteiger partial charge in [0, 0.05) is 11.5 Å². The van der Waals surface area contributed by atoms with E-state index in [1.807, 2.05) is 13.0 Å². The molecule has 0 bridgehead atoms. The van der Waals surface area contributed by atoms with Crippen LogP contribution in [0.4, 0.5) is 20.4 Å². The zero-order valence-corrected chi connectivity index (χ0v) is 16.5. The highest BCUT2D eigenvalue weighted by Crippen LogP contribution is 2.31. The number of carbonyl (C=O) groups excluding carboxylic acids is 4. The second-order valence-electron chi connectivity index (χ2n) is 6.71. The smallest absolute Gasteiger partial charge is 0.372 e. The average molecular weight is 416 g/mol. The summed E-state index contributed by atoms with van der Waals surface area (Å²) < 4.78 is 4.26. The number of aryl methyl sites for hydroxylation is 1. The molecule has 0 unspecified atom stereocenters. The minimum Gasteiger partial charge on any atom is -0.372 e. The Kier molecular flexibility index (Phi) is 6.23. The molecule has 0 atom stereocenters. The van der Waals surface area contributed by atoms with Gasteiger partial charge in [-0.1, -0.05) is 35.8 Å². The lowest BCUT2D eigenvalue weighted by molar-refractivity contribution is 0.0643. The lowest BCUT2D eigenvalue weighted by atomic mass is 9.94. The van der Waals surface area contributed by atoms with Crippen LogP contribution < -0.4 is 16.4 Å². The first-order valence-corrected chi connectivity index (χ1v) is 9.85. The fourth-order valence-electron chi connectivity index (χ4n) is 3.20. The van der Waals surface area contributed by atoms with Gasteiger partial charge in [-0.05, 0) is 31.9 Å². The van der Waals surface area contributed by atoms with E-state index in [-0.39, 0.29) is 21.7 Å². The average Bonchev–Trinajstić information content (AvgIpc) is 3.34. The molecule has 0 radical (unpaired) electrons. The molecule has 0 aliphatic heterocycles. The number of hydrogen-bond acceptors (Lipinski definition) is 7. The molecule has 1 fully saturated rings. The van der Waals surface area contributed by atoms with Crippen LogP contribution in [0.1, 0.15) is 51.3 Å². The molecule has 1 aliphatic rings. The summed E-state index contributed by atoms with van der Waals surface area (Å²) in [6.45, 7) is 1.89. The first-order valence-electron chi connectivity index (χ1n) is 9.04. The Morgan fingerprint density at radius 3 is 2.59 bits per heavy atom. The van der Waals surface area contributed by atoms with Crippen LogP contribution in [0.15, 0.2) is 24.4 Å². The van der Waals surface area contributed by atoms with Gasteiger partial charge in [0.2, 0.25) is 0 Å². The minimum atomic E-state index is -1.23. The zero-order valence-electron chi connectivity index (χ0n) is 15.7. The number of nitrogens with two attached hydrogens (primary N) is 1. The van der Waals surface area contributed by atoms with Crippen LogP contribution in [0, 0.1) is 12.8 Å². The Hall–Kier alpha value is -3.27. The molecule has 1 saturated carbocycles. The van der Waals surface area contributed by atoms with Gasteiger partial charge in [-0.15, -0.1) is 0 Å². The summed E-state index contributed by atoms with van der Waals surface area (Å²) in [6.07, 6.45) is 3.73. The van der Waals surface area contributed by atoms with Gasteiger partial charge in [0.15, 0.2) is 10.9 Å². The van der Waals surface area contributed by atoms with E-state index in [1.54, 1.807) is 12.1 Å². The monoisotopic (exact) mass is 416 g/mol. The van der Waals surface area contributed by atoms with Gasteiger partial charge in [0.25, 0.3) is 0 Å². The summed E-state index contributed by atoms with van der Waals surface area (Å²) in [5, 5.41) is 5.28. The van der Waals surface area contributed by atoms with Crippen molar-refractivity contribution < 1.29 is 23.9 Å². The molecule has 152 valence electrons. The molecule has 2 aromatic rings. The number of ether oxygens (including phenoxy) is 1. The van der Waals surface area contributed by atoms with Crippen LogP contribution in [0.25, 0.3) is 0 Å². The maximum atomic E-state index is 12.9. The largest absolute Gasteiger partial charge is 0.412 e. The molecule has 1 aliphatic carbocycles. The molecular weight excluding hydrogens is 396 g/mol. The van der Waals surface area contributed by atoms with Crippen molar-refractivity contribution in [2.45, 2.75) is 32.6 Å². The number of nitrogens with zero attached hydrogens (tertiary/aromatic N) is 1. The highest BCUT2D eigenvalue weighted by Gasteiger charge is 2.26. The third-order valence-electron chi connectivity index (χ3n) is 4.54. The third-order valence-corrected chi connectivity index (χ3v) is 5.43. The topological polar surface area (TPSA) is 140 Å². The molecule has 3 amide bonds. The molecule has 3 rings (SSSR count). The normalized spacial score (nSPS) is 13.7. The molecular formula is C19H20N4O5S. The number of urea groups is 1. The molecule has 1 heterocycles. The van der Waals surface area contributed by atoms with E-state index in [0.717, 1.165) is 48.8 Å². The number of thiazole rings is 1. The van der Waals surface area contributed by atoms with Crippen LogP contribution in [0.3, 0.4) is 0 Å². The van der Waals surface area contributed by atoms with Crippen molar-refractivity contribution in [1.29, 1.82) is 0 Å². The van der Waals surface area contributed by atoms with Crippen molar-refractivity contribution in [1.82, 2.24) is 4.98 Å². The Morgan fingerprint density at radius 1 is 1.17 bits per heavy atom. The minimum absolute atomic E-state index is 0.00605. The van der Waals surface area contributed by atoms with E-state index in [2.05, 4.69) is 20.4 Å². The number of rotatable bonds is 5. The van der Waals surface area contributed by atoms with Gasteiger partial charge in [-0.25, -0.2) is 19.4 Å². The molecule has 1 aromatic carbocycles. The van der Waals surface area contributed by atoms with Gasteiger partial charge in [0.05, 0.1) is 11.9 Å². The van der Waals surface area contributed by atoms with Crippen molar-refractivity contribution in [2.75, 3.05) is 10.6 Å². The second kappa shape index (κ2) is 8.82. The third kappa shape index (κ3) is 5.17. The number of carbonyl (C=O) groups is 4.